The lowest BCUT2D eigenvalue weighted by Crippen LogP contribution is -2.32. The summed E-state index contributed by atoms with van der Waals surface area (Å²) in [4.78, 5) is 0.230. The number of fused-ring (bicyclic) bond motifs is 1. The number of sulfonamides is 1. The Morgan fingerprint density at radius 2 is 1.95 bits per heavy atom. The van der Waals surface area contributed by atoms with Gasteiger partial charge in [0.25, 0.3) is 0 Å². The Kier molecular flexibility index (Phi) is 4.30. The number of ether oxygens (including phenoxy) is 1. The Morgan fingerprint density at radius 1 is 1.30 bits per heavy atom. The number of halogens is 1. The Morgan fingerprint density at radius 3 is 2.55 bits per heavy atom. The minimum Gasteiger partial charge on any atom is -0.495 e. The van der Waals surface area contributed by atoms with Crippen molar-refractivity contribution in [1.29, 1.82) is 0 Å². The minimum absolute atomic E-state index is 0. The van der Waals surface area contributed by atoms with Crippen LogP contribution >= 0.6 is 12.4 Å². The lowest BCUT2D eigenvalue weighted by Gasteiger charge is -2.12. The van der Waals surface area contributed by atoms with E-state index in [4.69, 9.17) is 4.74 Å². The first-order chi connectivity index (χ1) is 9.03. The molecular formula is C13H19ClN2O3S. The minimum atomic E-state index is -3.51. The largest absolute Gasteiger partial charge is 0.495 e. The molecule has 5 nitrogen and oxygen atoms in total. The Bertz CT molecular complexity index is 596. The first-order valence-electron chi connectivity index (χ1n) is 6.40. The number of nitrogens with one attached hydrogen (secondary N) is 2. The number of benzene rings is 1. The summed E-state index contributed by atoms with van der Waals surface area (Å²) in [5.74, 6) is 1.29. The van der Waals surface area contributed by atoms with Gasteiger partial charge in [0.1, 0.15) is 10.6 Å². The maximum Gasteiger partial charge on any atom is 0.244 e. The van der Waals surface area contributed by atoms with Gasteiger partial charge < -0.3 is 10.1 Å². The van der Waals surface area contributed by atoms with E-state index in [1.165, 1.54) is 7.11 Å². The van der Waals surface area contributed by atoms with Gasteiger partial charge in [0.2, 0.25) is 10.0 Å². The van der Waals surface area contributed by atoms with Crippen molar-refractivity contribution in [2.75, 3.05) is 20.2 Å². The second-order valence-corrected chi connectivity index (χ2v) is 6.97. The standard InChI is InChI=1S/C13H18N2O3S.ClH/c1-8-3-4-11(18-2)12(5-8)19(16,17)15-13-9-6-14-7-10(9)13;/h3-5,9-10,13-15H,6-7H2,1-2H3;1H. The van der Waals surface area contributed by atoms with Gasteiger partial charge in [-0.2, -0.15) is 0 Å². The summed E-state index contributed by atoms with van der Waals surface area (Å²) in [6.45, 7) is 3.68. The molecule has 1 aliphatic carbocycles. The maximum absolute atomic E-state index is 12.4. The van der Waals surface area contributed by atoms with Crippen LogP contribution in [0.3, 0.4) is 0 Å². The molecule has 1 heterocycles. The summed E-state index contributed by atoms with van der Waals surface area (Å²) in [7, 11) is -2.02. The average Bonchev–Trinajstić information content (AvgIpc) is 2.82. The van der Waals surface area contributed by atoms with Crippen molar-refractivity contribution in [3.05, 3.63) is 23.8 Å². The van der Waals surface area contributed by atoms with Gasteiger partial charge in [-0.15, -0.1) is 12.4 Å². The van der Waals surface area contributed by atoms with Crippen molar-refractivity contribution >= 4 is 22.4 Å². The van der Waals surface area contributed by atoms with Crippen molar-refractivity contribution in [1.82, 2.24) is 10.0 Å². The van der Waals surface area contributed by atoms with Crippen LogP contribution in [-0.4, -0.2) is 34.7 Å². The molecule has 1 saturated heterocycles. The highest BCUT2D eigenvalue weighted by Gasteiger charge is 2.54. The highest BCUT2D eigenvalue weighted by Crippen LogP contribution is 2.42. The third-order valence-corrected chi connectivity index (χ3v) is 5.47. The molecule has 2 aliphatic rings. The third kappa shape index (κ3) is 2.65. The number of hydrogen-bond donors (Lipinski definition) is 2. The summed E-state index contributed by atoms with van der Waals surface area (Å²) >= 11 is 0. The van der Waals surface area contributed by atoms with E-state index in [0.717, 1.165) is 18.7 Å². The molecule has 0 spiro atoms. The van der Waals surface area contributed by atoms with Crippen molar-refractivity contribution in [2.24, 2.45) is 11.8 Å². The molecule has 2 unspecified atom stereocenters. The zero-order valence-electron chi connectivity index (χ0n) is 11.4. The molecular weight excluding hydrogens is 300 g/mol. The molecule has 1 aromatic rings. The predicted molar refractivity (Wildman–Crippen MR) is 78.9 cm³/mol. The van der Waals surface area contributed by atoms with E-state index in [0.29, 0.717) is 17.6 Å². The molecule has 3 rings (SSSR count). The van der Waals surface area contributed by atoms with Crippen LogP contribution in [0.2, 0.25) is 0 Å². The average molecular weight is 319 g/mol. The number of aryl methyl sites for hydroxylation is 1. The van der Waals surface area contributed by atoms with Gasteiger partial charge in [-0.3, -0.25) is 0 Å². The molecule has 1 aromatic carbocycles. The Hall–Kier alpha value is -0.820. The molecule has 1 saturated carbocycles. The van der Waals surface area contributed by atoms with Crippen molar-refractivity contribution in [3.8, 4) is 5.75 Å². The van der Waals surface area contributed by atoms with Crippen LogP contribution in [0, 0.1) is 18.8 Å². The summed E-state index contributed by atoms with van der Waals surface area (Å²) in [5, 5.41) is 3.25. The van der Waals surface area contributed by atoms with E-state index in [9.17, 15) is 8.42 Å². The van der Waals surface area contributed by atoms with E-state index in [2.05, 4.69) is 10.0 Å². The van der Waals surface area contributed by atoms with Crippen LogP contribution in [0.25, 0.3) is 0 Å². The van der Waals surface area contributed by atoms with E-state index < -0.39 is 10.0 Å². The SMILES string of the molecule is COc1ccc(C)cc1S(=O)(=O)NC1C2CNCC21.Cl. The lowest BCUT2D eigenvalue weighted by atomic mass is 10.2. The van der Waals surface area contributed by atoms with E-state index in [1.54, 1.807) is 12.1 Å². The highest BCUT2D eigenvalue weighted by atomic mass is 35.5. The van der Waals surface area contributed by atoms with Gasteiger partial charge in [0.15, 0.2) is 0 Å². The molecule has 7 heteroatoms. The zero-order valence-corrected chi connectivity index (χ0v) is 13.1. The van der Waals surface area contributed by atoms with Gasteiger partial charge in [-0.25, -0.2) is 13.1 Å². The van der Waals surface area contributed by atoms with Gasteiger partial charge >= 0.3 is 0 Å². The third-order valence-electron chi connectivity index (χ3n) is 3.99. The second-order valence-electron chi connectivity index (χ2n) is 5.29. The molecule has 112 valence electrons. The zero-order chi connectivity index (χ0) is 13.6. The van der Waals surface area contributed by atoms with Crippen LogP contribution < -0.4 is 14.8 Å². The summed E-state index contributed by atoms with van der Waals surface area (Å²) in [5.41, 5.74) is 0.902. The number of methoxy groups -OCH3 is 1. The lowest BCUT2D eigenvalue weighted by molar-refractivity contribution is 0.402. The quantitative estimate of drug-likeness (QED) is 0.866. The van der Waals surface area contributed by atoms with Crippen LogP contribution in [0.5, 0.6) is 5.75 Å². The molecule has 20 heavy (non-hydrogen) atoms. The molecule has 2 N–H and O–H groups in total. The van der Waals surface area contributed by atoms with Gasteiger partial charge in [0, 0.05) is 6.04 Å². The van der Waals surface area contributed by atoms with Crippen molar-refractivity contribution in [3.63, 3.8) is 0 Å². The topological polar surface area (TPSA) is 67.4 Å². The molecule has 0 radical (unpaired) electrons. The number of rotatable bonds is 4. The number of hydrogen-bond acceptors (Lipinski definition) is 4. The Labute approximate surface area is 125 Å². The summed E-state index contributed by atoms with van der Waals surface area (Å²) in [6, 6.07) is 5.26. The number of piperidine rings is 1. The van der Waals surface area contributed by atoms with E-state index in [-0.39, 0.29) is 23.3 Å². The normalized spacial score (nSPS) is 27.6. The van der Waals surface area contributed by atoms with Gasteiger partial charge in [-0.1, -0.05) is 6.07 Å². The fraction of sp³-hybridized carbons (Fsp3) is 0.538. The predicted octanol–water partition coefficient (Wildman–Crippen LogP) is 0.922. The summed E-state index contributed by atoms with van der Waals surface area (Å²) in [6.07, 6.45) is 0. The summed E-state index contributed by atoms with van der Waals surface area (Å²) < 4.78 is 32.8. The van der Waals surface area contributed by atoms with Crippen LogP contribution in [0.1, 0.15) is 5.56 Å². The molecule has 0 bridgehead atoms. The molecule has 2 atom stereocenters. The molecule has 1 aliphatic heterocycles. The smallest absolute Gasteiger partial charge is 0.244 e. The van der Waals surface area contributed by atoms with Gasteiger partial charge in [0.05, 0.1) is 7.11 Å². The maximum atomic E-state index is 12.4. The van der Waals surface area contributed by atoms with Crippen LogP contribution in [0.15, 0.2) is 23.1 Å². The fourth-order valence-corrected chi connectivity index (χ4v) is 4.42. The molecule has 2 fully saturated rings. The van der Waals surface area contributed by atoms with E-state index in [1.807, 2.05) is 13.0 Å². The van der Waals surface area contributed by atoms with Crippen molar-refractivity contribution in [2.45, 2.75) is 17.9 Å². The van der Waals surface area contributed by atoms with Crippen molar-refractivity contribution < 1.29 is 13.2 Å². The molecule has 0 amide bonds. The monoisotopic (exact) mass is 318 g/mol. The van der Waals surface area contributed by atoms with Crippen LogP contribution in [0.4, 0.5) is 0 Å². The van der Waals surface area contributed by atoms with E-state index >= 15 is 0 Å². The van der Waals surface area contributed by atoms with Crippen LogP contribution in [-0.2, 0) is 10.0 Å². The first kappa shape index (κ1) is 15.6. The second kappa shape index (κ2) is 5.52. The highest BCUT2D eigenvalue weighted by molar-refractivity contribution is 7.89. The fourth-order valence-electron chi connectivity index (χ4n) is 2.83. The Balaban J connectivity index is 0.00000147. The molecule has 0 aromatic heterocycles. The first-order valence-corrected chi connectivity index (χ1v) is 7.89. The van der Waals surface area contributed by atoms with Gasteiger partial charge in [-0.05, 0) is 49.5 Å².